The molecular formula is C20H20O7. The number of rotatable bonds is 1. The topological polar surface area (TPSA) is 98.5 Å². The second kappa shape index (κ2) is 4.47. The highest BCUT2D eigenvalue weighted by molar-refractivity contribution is 5.92. The van der Waals surface area contributed by atoms with Crippen molar-refractivity contribution in [3.63, 3.8) is 0 Å². The van der Waals surface area contributed by atoms with E-state index in [0.717, 1.165) is 5.56 Å². The molecule has 7 rings (SSSR count). The van der Waals surface area contributed by atoms with Crippen molar-refractivity contribution in [3.8, 4) is 0 Å². The Bertz CT molecular complexity index is 903. The van der Waals surface area contributed by atoms with Gasteiger partial charge in [-0.2, -0.15) is 0 Å². The third-order valence-corrected chi connectivity index (χ3v) is 7.73. The van der Waals surface area contributed by atoms with Crippen LogP contribution in [0.5, 0.6) is 0 Å². The Hall–Kier alpha value is -2.12. The highest BCUT2D eigenvalue weighted by Gasteiger charge is 2.83. The summed E-state index contributed by atoms with van der Waals surface area (Å²) >= 11 is 0. The van der Waals surface area contributed by atoms with Gasteiger partial charge in [0, 0.05) is 27.9 Å². The molecule has 6 aliphatic rings. The summed E-state index contributed by atoms with van der Waals surface area (Å²) in [5.41, 5.74) is -1.65. The first-order valence-electron chi connectivity index (χ1n) is 9.33. The summed E-state index contributed by atoms with van der Waals surface area (Å²) in [7, 11) is 0. The van der Waals surface area contributed by atoms with Crippen molar-refractivity contribution in [2.75, 3.05) is 0 Å². The number of carbonyl (C=O) groups is 2. The molecule has 0 aromatic carbocycles. The molecule has 7 nitrogen and oxygen atoms in total. The molecule has 142 valence electrons. The van der Waals surface area contributed by atoms with Gasteiger partial charge in [0.05, 0.1) is 12.5 Å². The summed E-state index contributed by atoms with van der Waals surface area (Å²) in [5.74, 6) is -1.20. The number of furan rings is 1. The summed E-state index contributed by atoms with van der Waals surface area (Å²) in [6, 6.07) is 1.79. The fourth-order valence-electron chi connectivity index (χ4n) is 6.40. The zero-order valence-electron chi connectivity index (χ0n) is 15.0. The number of hydrogen-bond acceptors (Lipinski definition) is 7. The standard InChI is InChI=1S/C20H20O7/c1-18-7-11(9-4-6-24-8-9)25-16(21)10(18)3-5-19(2)14(18)12-13-15(26-13)20(19,23)17(22)27-12/h3-4,6,8,11-15,23H,5,7H2,1-2H3/t11-,12-,13-,14?,15-,18-,19-,20+/m1/s1. The first kappa shape index (κ1) is 15.9. The largest absolute Gasteiger partial charge is 0.472 e. The lowest BCUT2D eigenvalue weighted by Gasteiger charge is -2.63. The van der Waals surface area contributed by atoms with Gasteiger partial charge >= 0.3 is 11.9 Å². The highest BCUT2D eigenvalue weighted by Crippen LogP contribution is 2.70. The predicted octanol–water partition coefficient (Wildman–Crippen LogP) is 1.66. The Morgan fingerprint density at radius 2 is 2.00 bits per heavy atom. The quantitative estimate of drug-likeness (QED) is 0.591. The van der Waals surface area contributed by atoms with Gasteiger partial charge in [0.2, 0.25) is 0 Å². The molecule has 27 heavy (non-hydrogen) atoms. The van der Waals surface area contributed by atoms with E-state index < -0.39 is 40.7 Å². The van der Waals surface area contributed by atoms with Gasteiger partial charge in [0.15, 0.2) is 5.60 Å². The summed E-state index contributed by atoms with van der Waals surface area (Å²) < 4.78 is 22.2. The molecule has 1 saturated carbocycles. The summed E-state index contributed by atoms with van der Waals surface area (Å²) in [6.45, 7) is 3.94. The number of cyclic esters (lactones) is 1. The molecule has 1 unspecified atom stereocenters. The lowest BCUT2D eigenvalue weighted by atomic mass is 9.43. The molecule has 1 aromatic heterocycles. The van der Waals surface area contributed by atoms with E-state index in [-0.39, 0.29) is 18.0 Å². The van der Waals surface area contributed by atoms with Crippen LogP contribution in [-0.2, 0) is 23.8 Å². The molecule has 0 amide bonds. The van der Waals surface area contributed by atoms with Crippen molar-refractivity contribution >= 4 is 11.9 Å². The molecule has 0 radical (unpaired) electrons. The molecular weight excluding hydrogens is 352 g/mol. The maximum absolute atomic E-state index is 12.8. The van der Waals surface area contributed by atoms with Crippen molar-refractivity contribution in [1.82, 2.24) is 0 Å². The Balaban J connectivity index is 1.51. The summed E-state index contributed by atoms with van der Waals surface area (Å²) in [4.78, 5) is 25.4. The average molecular weight is 372 g/mol. The van der Waals surface area contributed by atoms with Crippen molar-refractivity contribution in [1.29, 1.82) is 0 Å². The molecule has 5 fully saturated rings. The monoisotopic (exact) mass is 372 g/mol. The minimum absolute atomic E-state index is 0.237. The van der Waals surface area contributed by atoms with Gasteiger partial charge in [-0.15, -0.1) is 0 Å². The smallest absolute Gasteiger partial charge is 0.342 e. The molecule has 5 heterocycles. The lowest BCUT2D eigenvalue weighted by Crippen LogP contribution is -2.75. The number of allylic oxidation sites excluding steroid dienone is 1. The van der Waals surface area contributed by atoms with Crippen LogP contribution in [0.25, 0.3) is 0 Å². The zero-order valence-corrected chi connectivity index (χ0v) is 15.0. The Morgan fingerprint density at radius 3 is 2.74 bits per heavy atom. The Kier molecular flexibility index (Phi) is 2.63. The fourth-order valence-corrected chi connectivity index (χ4v) is 6.40. The number of fused-ring (bicyclic) bond motifs is 2. The zero-order chi connectivity index (χ0) is 18.8. The molecule has 4 saturated heterocycles. The lowest BCUT2D eigenvalue weighted by molar-refractivity contribution is -0.258. The number of aliphatic hydroxyl groups is 1. The molecule has 0 spiro atoms. The third-order valence-electron chi connectivity index (χ3n) is 7.73. The van der Waals surface area contributed by atoms with Gasteiger partial charge in [0.1, 0.15) is 24.4 Å². The maximum Gasteiger partial charge on any atom is 0.342 e. The highest BCUT2D eigenvalue weighted by atomic mass is 16.7. The number of esters is 2. The Labute approximate surface area is 155 Å². The van der Waals surface area contributed by atoms with Crippen LogP contribution < -0.4 is 0 Å². The van der Waals surface area contributed by atoms with Crippen molar-refractivity contribution < 1.29 is 33.3 Å². The van der Waals surface area contributed by atoms with E-state index in [1.165, 1.54) is 0 Å². The maximum atomic E-state index is 12.8. The van der Waals surface area contributed by atoms with Crippen molar-refractivity contribution in [2.24, 2.45) is 16.7 Å². The van der Waals surface area contributed by atoms with Crippen LogP contribution in [0, 0.1) is 16.7 Å². The third kappa shape index (κ3) is 1.59. The van der Waals surface area contributed by atoms with Gasteiger partial charge in [-0.25, -0.2) is 9.59 Å². The van der Waals surface area contributed by atoms with Crippen molar-refractivity contribution in [2.45, 2.75) is 56.7 Å². The number of carbonyl (C=O) groups excluding carboxylic acids is 2. The molecule has 4 aliphatic heterocycles. The number of epoxide rings is 1. The van der Waals surface area contributed by atoms with Crippen LogP contribution in [0.2, 0.25) is 0 Å². The van der Waals surface area contributed by atoms with E-state index in [4.69, 9.17) is 18.6 Å². The first-order valence-corrected chi connectivity index (χ1v) is 9.33. The van der Waals surface area contributed by atoms with E-state index in [2.05, 4.69) is 0 Å². The van der Waals surface area contributed by atoms with Crippen LogP contribution in [0.15, 0.2) is 34.7 Å². The van der Waals surface area contributed by atoms with E-state index >= 15 is 0 Å². The van der Waals surface area contributed by atoms with Gasteiger partial charge < -0.3 is 23.7 Å². The molecule has 2 aliphatic carbocycles. The molecule has 1 N–H and O–H groups in total. The molecule has 8 atom stereocenters. The van der Waals surface area contributed by atoms with E-state index in [1.54, 1.807) is 18.6 Å². The second-order valence-corrected chi connectivity index (χ2v) is 8.95. The van der Waals surface area contributed by atoms with Crippen LogP contribution in [-0.4, -0.2) is 41.0 Å². The molecule has 7 heteroatoms. The van der Waals surface area contributed by atoms with Crippen LogP contribution in [0.4, 0.5) is 0 Å². The second-order valence-electron chi connectivity index (χ2n) is 8.95. The van der Waals surface area contributed by atoms with Gasteiger partial charge in [-0.3, -0.25) is 0 Å². The SMILES string of the molecule is C[C@@]12C[C@H](c3ccoc3)OC(=O)C1=CC[C@]1(C)C2[C@@H]2OC(=O)[C@@]1(O)[C@@H]1O[C@@H]12. The van der Waals surface area contributed by atoms with E-state index in [9.17, 15) is 14.7 Å². The first-order chi connectivity index (χ1) is 12.8. The van der Waals surface area contributed by atoms with Gasteiger partial charge in [-0.1, -0.05) is 19.9 Å². The van der Waals surface area contributed by atoms with Crippen LogP contribution in [0.1, 0.15) is 38.4 Å². The summed E-state index contributed by atoms with van der Waals surface area (Å²) in [5, 5.41) is 11.4. The molecule has 1 aromatic rings. The number of hydrogen-bond donors (Lipinski definition) is 1. The van der Waals surface area contributed by atoms with Gasteiger partial charge in [0.25, 0.3) is 0 Å². The number of ether oxygens (including phenoxy) is 3. The normalized spacial score (nSPS) is 52.1. The van der Waals surface area contributed by atoms with Crippen LogP contribution >= 0.6 is 0 Å². The predicted molar refractivity (Wildman–Crippen MR) is 88.1 cm³/mol. The van der Waals surface area contributed by atoms with E-state index in [0.29, 0.717) is 18.4 Å². The summed E-state index contributed by atoms with van der Waals surface area (Å²) in [6.07, 6.45) is 4.20. The van der Waals surface area contributed by atoms with E-state index in [1.807, 2.05) is 19.9 Å². The van der Waals surface area contributed by atoms with Crippen molar-refractivity contribution in [3.05, 3.63) is 35.8 Å². The van der Waals surface area contributed by atoms with Gasteiger partial charge in [-0.05, 0) is 18.9 Å². The fraction of sp³-hybridized carbons (Fsp3) is 0.600. The Morgan fingerprint density at radius 1 is 1.19 bits per heavy atom. The average Bonchev–Trinajstić information content (AvgIpc) is 3.24. The molecule has 2 bridgehead atoms. The van der Waals surface area contributed by atoms with Crippen LogP contribution in [0.3, 0.4) is 0 Å². The minimum Gasteiger partial charge on any atom is -0.472 e. The minimum atomic E-state index is -1.69.